The third kappa shape index (κ3) is 13.9. The van der Waals surface area contributed by atoms with Crippen molar-refractivity contribution in [1.29, 1.82) is 0 Å². The van der Waals surface area contributed by atoms with E-state index in [4.69, 9.17) is 33.2 Å². The molecule has 8 aromatic carbocycles. The second-order valence-corrected chi connectivity index (χ2v) is 17.3. The van der Waals surface area contributed by atoms with E-state index in [0.29, 0.717) is 67.5 Å². The maximum absolute atomic E-state index is 6.54. The van der Waals surface area contributed by atoms with Gasteiger partial charge in [0.05, 0.1) is 0 Å². The SMILES string of the molecule is CCc1ccc(OCc2cc(OCc3ccc(OCc4ccc(C)cc4)c(OCc4ccc(C)cc4)c3)cc(OCc3ccc(OCc4ccc(C)cc4)c(OCc4ccc(C)cc4)c3)c2)cc1. The molecule has 0 aliphatic carbocycles. The number of rotatable bonds is 22. The maximum atomic E-state index is 6.54. The summed E-state index contributed by atoms with van der Waals surface area (Å²) in [5.41, 5.74) is 13.1. The normalized spacial score (nSPS) is 10.9. The van der Waals surface area contributed by atoms with Gasteiger partial charge in [0.15, 0.2) is 23.0 Å². The van der Waals surface area contributed by atoms with Crippen LogP contribution >= 0.6 is 0 Å². The van der Waals surface area contributed by atoms with Crippen LogP contribution in [-0.2, 0) is 52.7 Å². The van der Waals surface area contributed by atoms with Gasteiger partial charge in [-0.15, -0.1) is 0 Å². The van der Waals surface area contributed by atoms with Crippen LogP contribution in [0.4, 0.5) is 0 Å². The molecule has 0 atom stereocenters. The van der Waals surface area contributed by atoms with Crippen LogP contribution in [0.15, 0.2) is 176 Å². The zero-order chi connectivity index (χ0) is 47.1. The van der Waals surface area contributed by atoms with E-state index >= 15 is 0 Å². The molecule has 0 N–H and O–H groups in total. The lowest BCUT2D eigenvalue weighted by Crippen LogP contribution is -2.04. The van der Waals surface area contributed by atoms with Crippen molar-refractivity contribution in [3.05, 3.63) is 243 Å². The topological polar surface area (TPSA) is 64.6 Å². The highest BCUT2D eigenvalue weighted by Crippen LogP contribution is 2.34. The lowest BCUT2D eigenvalue weighted by atomic mass is 10.1. The summed E-state index contributed by atoms with van der Waals surface area (Å²) in [5, 5.41) is 0. The lowest BCUT2D eigenvalue weighted by Gasteiger charge is -2.17. The highest BCUT2D eigenvalue weighted by molar-refractivity contribution is 5.46. The van der Waals surface area contributed by atoms with E-state index in [0.717, 1.165) is 51.1 Å². The molecule has 68 heavy (non-hydrogen) atoms. The predicted octanol–water partition coefficient (Wildman–Crippen LogP) is 14.5. The molecule has 0 spiro atoms. The Labute approximate surface area is 401 Å². The van der Waals surface area contributed by atoms with Gasteiger partial charge >= 0.3 is 0 Å². The fourth-order valence-corrected chi connectivity index (χ4v) is 7.33. The van der Waals surface area contributed by atoms with Crippen LogP contribution < -0.4 is 33.2 Å². The van der Waals surface area contributed by atoms with Crippen molar-refractivity contribution in [3.8, 4) is 40.2 Å². The first-order chi connectivity index (χ1) is 33.2. The Morgan fingerprint density at radius 1 is 0.235 bits per heavy atom. The van der Waals surface area contributed by atoms with E-state index in [1.807, 2.05) is 66.7 Å². The van der Waals surface area contributed by atoms with Gasteiger partial charge in [0.1, 0.15) is 63.5 Å². The van der Waals surface area contributed by atoms with Crippen LogP contribution in [0.25, 0.3) is 0 Å². The Bertz CT molecular complexity index is 2660. The first-order valence-corrected chi connectivity index (χ1v) is 23.3. The van der Waals surface area contributed by atoms with Crippen molar-refractivity contribution in [2.24, 2.45) is 0 Å². The van der Waals surface area contributed by atoms with Crippen molar-refractivity contribution in [2.45, 2.75) is 87.3 Å². The molecule has 0 saturated heterocycles. The second-order valence-electron chi connectivity index (χ2n) is 17.3. The zero-order valence-corrected chi connectivity index (χ0v) is 39.8. The van der Waals surface area contributed by atoms with Crippen molar-refractivity contribution >= 4 is 0 Å². The summed E-state index contributed by atoms with van der Waals surface area (Å²) in [6.07, 6.45) is 0.966. The van der Waals surface area contributed by atoms with E-state index in [2.05, 4.69) is 144 Å². The highest BCUT2D eigenvalue weighted by atomic mass is 16.5. The summed E-state index contributed by atoms with van der Waals surface area (Å²) < 4.78 is 44.9. The molecular formula is C61H60O7. The summed E-state index contributed by atoms with van der Waals surface area (Å²) >= 11 is 0. The van der Waals surface area contributed by atoms with Crippen molar-refractivity contribution < 1.29 is 33.2 Å². The third-order valence-corrected chi connectivity index (χ3v) is 11.6. The maximum Gasteiger partial charge on any atom is 0.162 e. The van der Waals surface area contributed by atoms with Crippen LogP contribution in [0.1, 0.15) is 73.7 Å². The summed E-state index contributed by atoms with van der Waals surface area (Å²) in [5.74, 6) is 4.70. The van der Waals surface area contributed by atoms with Crippen molar-refractivity contribution in [2.75, 3.05) is 0 Å². The third-order valence-electron chi connectivity index (χ3n) is 11.6. The molecule has 0 heterocycles. The molecule has 0 saturated carbocycles. The van der Waals surface area contributed by atoms with Gasteiger partial charge < -0.3 is 33.2 Å². The fraction of sp³-hybridized carbons (Fsp3) is 0.213. The molecule has 7 heteroatoms. The first kappa shape index (κ1) is 46.9. The predicted molar refractivity (Wildman–Crippen MR) is 270 cm³/mol. The highest BCUT2D eigenvalue weighted by Gasteiger charge is 2.13. The van der Waals surface area contributed by atoms with Gasteiger partial charge in [0.2, 0.25) is 0 Å². The largest absolute Gasteiger partial charge is 0.489 e. The van der Waals surface area contributed by atoms with Gasteiger partial charge in [0.25, 0.3) is 0 Å². The van der Waals surface area contributed by atoms with E-state index in [1.165, 1.54) is 27.8 Å². The summed E-state index contributed by atoms with van der Waals surface area (Å²) in [6.45, 7) is 13.0. The average Bonchev–Trinajstić information content (AvgIpc) is 3.37. The van der Waals surface area contributed by atoms with Gasteiger partial charge in [0, 0.05) is 6.07 Å². The Balaban J connectivity index is 1.00. The molecular weight excluding hydrogens is 845 g/mol. The molecule has 0 aliphatic heterocycles. The number of hydrogen-bond donors (Lipinski definition) is 0. The number of benzene rings is 8. The van der Waals surface area contributed by atoms with Crippen LogP contribution in [-0.4, -0.2) is 0 Å². The molecule has 0 aliphatic rings. The summed E-state index contributed by atoms with van der Waals surface area (Å²) in [4.78, 5) is 0. The van der Waals surface area contributed by atoms with E-state index < -0.39 is 0 Å². The zero-order valence-electron chi connectivity index (χ0n) is 39.8. The van der Waals surface area contributed by atoms with Crippen LogP contribution in [0.5, 0.6) is 40.2 Å². The van der Waals surface area contributed by atoms with E-state index in [-0.39, 0.29) is 13.2 Å². The van der Waals surface area contributed by atoms with Crippen LogP contribution in [0, 0.1) is 27.7 Å². The molecule has 0 bridgehead atoms. The number of ether oxygens (including phenoxy) is 7. The quantitative estimate of drug-likeness (QED) is 0.0671. The minimum Gasteiger partial charge on any atom is -0.489 e. The Morgan fingerprint density at radius 3 is 0.897 bits per heavy atom. The van der Waals surface area contributed by atoms with Crippen molar-refractivity contribution in [3.63, 3.8) is 0 Å². The Kier molecular flexibility index (Phi) is 16.0. The van der Waals surface area contributed by atoms with Crippen LogP contribution in [0.2, 0.25) is 0 Å². The molecule has 0 aromatic heterocycles. The molecule has 0 unspecified atom stereocenters. The molecule has 0 fully saturated rings. The number of aryl methyl sites for hydroxylation is 5. The average molecular weight is 905 g/mol. The lowest BCUT2D eigenvalue weighted by molar-refractivity contribution is 0.253. The van der Waals surface area contributed by atoms with Gasteiger partial charge in [-0.2, -0.15) is 0 Å². The fourth-order valence-electron chi connectivity index (χ4n) is 7.33. The minimum atomic E-state index is 0.285. The monoisotopic (exact) mass is 904 g/mol. The molecule has 0 amide bonds. The van der Waals surface area contributed by atoms with Gasteiger partial charge in [-0.1, -0.05) is 151 Å². The van der Waals surface area contributed by atoms with Crippen LogP contribution in [0.3, 0.4) is 0 Å². The second kappa shape index (κ2) is 23.2. The molecule has 8 rings (SSSR count). The smallest absolute Gasteiger partial charge is 0.162 e. The van der Waals surface area contributed by atoms with Crippen molar-refractivity contribution in [1.82, 2.24) is 0 Å². The summed E-state index contributed by atoms with van der Waals surface area (Å²) in [6, 6.07) is 59.5. The standard InChI is InChI=1S/C61H60O7/c1-6-47-23-27-55(28-24-47)62-42-54-31-56(63-40-52-25-29-58(65-36-48-15-7-43(2)8-16-48)60(33-52)67-38-50-19-11-45(4)12-20-50)35-57(32-54)64-41-53-26-30-59(66-37-49-17-9-44(3)10-18-49)61(34-53)68-39-51-21-13-46(5)14-22-51/h7-35H,6,36-42H2,1-5H3. The number of hydrogen-bond acceptors (Lipinski definition) is 7. The van der Waals surface area contributed by atoms with E-state index in [1.54, 1.807) is 0 Å². The minimum absolute atomic E-state index is 0.285. The summed E-state index contributed by atoms with van der Waals surface area (Å²) in [7, 11) is 0. The molecule has 0 radical (unpaired) electrons. The molecule has 8 aromatic rings. The van der Waals surface area contributed by atoms with E-state index in [9.17, 15) is 0 Å². The van der Waals surface area contributed by atoms with Gasteiger partial charge in [-0.05, 0) is 127 Å². The molecule has 7 nitrogen and oxygen atoms in total. The Hall–Kier alpha value is -7.64. The van der Waals surface area contributed by atoms with Gasteiger partial charge in [-0.3, -0.25) is 0 Å². The molecule has 346 valence electrons. The van der Waals surface area contributed by atoms with Gasteiger partial charge in [-0.25, -0.2) is 0 Å². The first-order valence-electron chi connectivity index (χ1n) is 23.3. The Morgan fingerprint density at radius 2 is 0.529 bits per heavy atom.